The highest BCUT2D eigenvalue weighted by Gasteiger charge is 2.49. The third-order valence-electron chi connectivity index (χ3n) is 3.81. The van der Waals surface area contributed by atoms with E-state index in [0.717, 1.165) is 29.1 Å². The summed E-state index contributed by atoms with van der Waals surface area (Å²) < 4.78 is 1.91. The van der Waals surface area contributed by atoms with Crippen LogP contribution in [0, 0.1) is 12.3 Å². The number of aromatic nitrogens is 4. The molecule has 5 nitrogen and oxygen atoms in total. The molecule has 2 aromatic rings. The molecule has 0 saturated heterocycles. The van der Waals surface area contributed by atoms with Gasteiger partial charge in [0.1, 0.15) is 0 Å². The minimum atomic E-state index is 0.280. The normalized spacial score (nSPS) is 20.9. The molecule has 1 fully saturated rings. The summed E-state index contributed by atoms with van der Waals surface area (Å²) in [6, 6.07) is 6.33. The number of nitrogens with two attached hydrogens (primary N) is 1. The number of tetrazole rings is 1. The van der Waals surface area contributed by atoms with E-state index < -0.39 is 0 Å². The van der Waals surface area contributed by atoms with Crippen molar-refractivity contribution in [3.05, 3.63) is 23.8 Å². The third kappa shape index (κ3) is 1.58. The van der Waals surface area contributed by atoms with Gasteiger partial charge in [-0.1, -0.05) is 26.0 Å². The molecule has 1 aliphatic carbocycles. The quantitative estimate of drug-likeness (QED) is 0.821. The number of anilines is 1. The van der Waals surface area contributed by atoms with E-state index in [1.54, 1.807) is 0 Å². The fourth-order valence-corrected chi connectivity index (χ4v) is 2.31. The summed E-state index contributed by atoms with van der Waals surface area (Å²) in [5.41, 5.74) is 9.13. The van der Waals surface area contributed by atoms with Crippen LogP contribution in [0.4, 0.5) is 5.69 Å². The number of rotatable bonds is 2. The average molecular weight is 243 g/mol. The number of nitrogen functional groups attached to an aromatic ring is 1. The summed E-state index contributed by atoms with van der Waals surface area (Å²) in [6.45, 7) is 6.44. The van der Waals surface area contributed by atoms with E-state index in [-0.39, 0.29) is 5.41 Å². The minimum Gasteiger partial charge on any atom is -0.398 e. The van der Waals surface area contributed by atoms with Crippen molar-refractivity contribution in [3.8, 4) is 11.4 Å². The van der Waals surface area contributed by atoms with Crippen molar-refractivity contribution in [3.63, 3.8) is 0 Å². The van der Waals surface area contributed by atoms with Crippen LogP contribution in [-0.4, -0.2) is 20.2 Å². The second-order valence-electron chi connectivity index (χ2n) is 5.69. The first-order valence-corrected chi connectivity index (χ1v) is 6.14. The molecule has 1 aliphatic rings. The largest absolute Gasteiger partial charge is 0.398 e. The second kappa shape index (κ2) is 3.54. The van der Waals surface area contributed by atoms with Gasteiger partial charge >= 0.3 is 0 Å². The monoisotopic (exact) mass is 243 g/mol. The predicted molar refractivity (Wildman–Crippen MR) is 69.8 cm³/mol. The predicted octanol–water partition coefficient (Wildman–Crippen LogP) is 2.20. The first kappa shape index (κ1) is 11.2. The first-order chi connectivity index (χ1) is 8.50. The van der Waals surface area contributed by atoms with E-state index in [9.17, 15) is 0 Å². The topological polar surface area (TPSA) is 69.6 Å². The summed E-state index contributed by atoms with van der Waals surface area (Å²) in [6.07, 6.45) is 1.11. The molecule has 1 atom stereocenters. The van der Waals surface area contributed by atoms with Gasteiger partial charge < -0.3 is 5.73 Å². The van der Waals surface area contributed by atoms with Gasteiger partial charge in [0.25, 0.3) is 0 Å². The Morgan fingerprint density at radius 3 is 2.78 bits per heavy atom. The van der Waals surface area contributed by atoms with Crippen molar-refractivity contribution in [2.45, 2.75) is 33.2 Å². The molecule has 18 heavy (non-hydrogen) atoms. The molecule has 94 valence electrons. The smallest absolute Gasteiger partial charge is 0.184 e. The molecule has 1 saturated carbocycles. The van der Waals surface area contributed by atoms with Gasteiger partial charge in [-0.25, -0.2) is 4.68 Å². The summed E-state index contributed by atoms with van der Waals surface area (Å²) in [7, 11) is 0. The maximum atomic E-state index is 6.12. The highest BCUT2D eigenvalue weighted by atomic mass is 15.6. The first-order valence-electron chi connectivity index (χ1n) is 6.14. The fraction of sp³-hybridized carbons (Fsp3) is 0.462. The Hall–Kier alpha value is -1.91. The number of hydrogen-bond acceptors (Lipinski definition) is 4. The van der Waals surface area contributed by atoms with Crippen molar-refractivity contribution in [1.29, 1.82) is 0 Å². The SMILES string of the molecule is Cc1cccc(-c2nnnn2C2CC2(C)C)c1N. The molecule has 1 aromatic heterocycles. The highest BCUT2D eigenvalue weighted by Crippen LogP contribution is 2.55. The Kier molecular flexibility index (Phi) is 2.20. The van der Waals surface area contributed by atoms with Crippen LogP contribution in [0.15, 0.2) is 18.2 Å². The van der Waals surface area contributed by atoms with Gasteiger partial charge in [0.15, 0.2) is 5.82 Å². The van der Waals surface area contributed by atoms with Crippen LogP contribution < -0.4 is 5.73 Å². The zero-order valence-electron chi connectivity index (χ0n) is 10.9. The molecule has 1 heterocycles. The van der Waals surface area contributed by atoms with Crippen molar-refractivity contribution in [2.75, 3.05) is 5.73 Å². The van der Waals surface area contributed by atoms with Gasteiger partial charge in [-0.2, -0.15) is 0 Å². The molecule has 0 radical (unpaired) electrons. The molecule has 1 unspecified atom stereocenters. The molecular formula is C13H17N5. The lowest BCUT2D eigenvalue weighted by molar-refractivity contribution is 0.497. The standard InChI is InChI=1S/C13H17N5/c1-8-5-4-6-9(11(8)14)12-15-16-17-18(12)10-7-13(10,2)3/h4-6,10H,7,14H2,1-3H3. The van der Waals surface area contributed by atoms with Gasteiger partial charge in [-0.3, -0.25) is 0 Å². The Labute approximate surface area is 106 Å². The number of para-hydroxylation sites is 1. The number of hydrogen-bond donors (Lipinski definition) is 1. The summed E-state index contributed by atoms with van der Waals surface area (Å²) in [4.78, 5) is 0. The van der Waals surface area contributed by atoms with Crippen LogP contribution >= 0.6 is 0 Å². The van der Waals surface area contributed by atoms with E-state index in [4.69, 9.17) is 5.73 Å². The van der Waals surface area contributed by atoms with E-state index in [1.807, 2.05) is 29.8 Å². The lowest BCUT2D eigenvalue weighted by atomic mass is 10.1. The number of nitrogens with zero attached hydrogens (tertiary/aromatic N) is 4. The molecular weight excluding hydrogens is 226 g/mol. The molecule has 5 heteroatoms. The molecule has 1 aromatic carbocycles. The summed E-state index contributed by atoms with van der Waals surface area (Å²) >= 11 is 0. The Bertz CT molecular complexity index is 599. The van der Waals surface area contributed by atoms with Crippen LogP contribution in [0.3, 0.4) is 0 Å². The zero-order chi connectivity index (χ0) is 12.9. The van der Waals surface area contributed by atoms with Gasteiger partial charge in [0, 0.05) is 11.3 Å². The lowest BCUT2D eigenvalue weighted by Crippen LogP contribution is -2.06. The van der Waals surface area contributed by atoms with Crippen LogP contribution in [0.2, 0.25) is 0 Å². The van der Waals surface area contributed by atoms with Crippen molar-refractivity contribution >= 4 is 5.69 Å². The van der Waals surface area contributed by atoms with Gasteiger partial charge in [0.05, 0.1) is 6.04 Å². The van der Waals surface area contributed by atoms with Crippen LogP contribution in [0.5, 0.6) is 0 Å². The Morgan fingerprint density at radius 1 is 1.39 bits per heavy atom. The summed E-state index contributed by atoms with van der Waals surface area (Å²) in [5, 5.41) is 12.1. The molecule has 3 rings (SSSR count). The average Bonchev–Trinajstić information content (AvgIpc) is 2.77. The fourth-order valence-electron chi connectivity index (χ4n) is 2.31. The Morgan fingerprint density at radius 2 is 2.11 bits per heavy atom. The third-order valence-corrected chi connectivity index (χ3v) is 3.81. The molecule has 0 aliphatic heterocycles. The van der Waals surface area contributed by atoms with Crippen LogP contribution in [-0.2, 0) is 0 Å². The maximum Gasteiger partial charge on any atom is 0.184 e. The lowest BCUT2D eigenvalue weighted by Gasteiger charge is -2.09. The van der Waals surface area contributed by atoms with Gasteiger partial charge in [0.2, 0.25) is 0 Å². The van der Waals surface area contributed by atoms with E-state index >= 15 is 0 Å². The Balaban J connectivity index is 2.08. The summed E-state index contributed by atoms with van der Waals surface area (Å²) in [5.74, 6) is 0.770. The van der Waals surface area contributed by atoms with Crippen molar-refractivity contribution in [2.24, 2.45) is 5.41 Å². The number of aryl methyl sites for hydroxylation is 1. The van der Waals surface area contributed by atoms with Crippen molar-refractivity contribution < 1.29 is 0 Å². The zero-order valence-corrected chi connectivity index (χ0v) is 10.9. The molecule has 2 N–H and O–H groups in total. The second-order valence-corrected chi connectivity index (χ2v) is 5.69. The van der Waals surface area contributed by atoms with E-state index in [2.05, 4.69) is 29.4 Å². The molecule has 0 bridgehead atoms. The van der Waals surface area contributed by atoms with Gasteiger partial charge in [-0.05, 0) is 40.8 Å². The van der Waals surface area contributed by atoms with E-state index in [1.165, 1.54) is 0 Å². The van der Waals surface area contributed by atoms with Crippen molar-refractivity contribution in [1.82, 2.24) is 20.2 Å². The van der Waals surface area contributed by atoms with Crippen LogP contribution in [0.25, 0.3) is 11.4 Å². The maximum absolute atomic E-state index is 6.12. The van der Waals surface area contributed by atoms with Gasteiger partial charge in [-0.15, -0.1) is 5.10 Å². The highest BCUT2D eigenvalue weighted by molar-refractivity contribution is 5.74. The molecule has 0 amide bonds. The van der Waals surface area contributed by atoms with E-state index in [0.29, 0.717) is 6.04 Å². The van der Waals surface area contributed by atoms with Crippen LogP contribution in [0.1, 0.15) is 31.9 Å². The molecule has 0 spiro atoms. The number of benzene rings is 1. The minimum absolute atomic E-state index is 0.280.